The van der Waals surface area contributed by atoms with Gasteiger partial charge in [0.05, 0.1) is 23.7 Å². The highest BCUT2D eigenvalue weighted by molar-refractivity contribution is 5.66. The van der Waals surface area contributed by atoms with E-state index in [0.29, 0.717) is 12.0 Å². The molecule has 29 heavy (non-hydrogen) atoms. The predicted octanol–water partition coefficient (Wildman–Crippen LogP) is 1.10. The molecule has 8 fully saturated rings. The quantitative estimate of drug-likeness (QED) is 0.442. The van der Waals surface area contributed by atoms with Crippen molar-refractivity contribution < 1.29 is 34.3 Å². The highest BCUT2D eigenvalue weighted by Crippen LogP contribution is 2.82. The second-order valence-electron chi connectivity index (χ2n) is 11.0. The van der Waals surface area contributed by atoms with E-state index < -0.39 is 59.2 Å². The second kappa shape index (κ2) is 5.07. The van der Waals surface area contributed by atoms with E-state index in [1.165, 1.54) is 6.92 Å². The average Bonchev–Trinajstić information content (AvgIpc) is 2.76. The molecule has 8 aliphatic rings. The Morgan fingerprint density at radius 1 is 1.24 bits per heavy atom. The molecule has 3 N–H and O–H groups in total. The first-order valence-corrected chi connectivity index (χ1v) is 10.8. The Balaban J connectivity index is 1.67. The molecule has 4 aliphatic heterocycles. The fraction of sp³-hybridized carbons (Fsp3) is 0.864. The van der Waals surface area contributed by atoms with E-state index >= 15 is 0 Å². The Kier molecular flexibility index (Phi) is 3.28. The van der Waals surface area contributed by atoms with Crippen molar-refractivity contribution >= 4 is 5.97 Å². The molecule has 0 amide bonds. The number of carbonyl (C=O) groups excluding carboxylic acids is 1. The zero-order valence-corrected chi connectivity index (χ0v) is 17.1. The topological polar surface area (TPSA) is 105 Å². The molecule has 0 aromatic rings. The van der Waals surface area contributed by atoms with E-state index in [4.69, 9.17) is 14.2 Å². The van der Waals surface area contributed by atoms with Gasteiger partial charge in [0.1, 0.15) is 0 Å². The minimum atomic E-state index is -1.93. The molecule has 7 nitrogen and oxygen atoms in total. The van der Waals surface area contributed by atoms with Crippen LogP contribution in [-0.2, 0) is 19.0 Å². The van der Waals surface area contributed by atoms with Gasteiger partial charge in [-0.15, -0.1) is 0 Å². The highest BCUT2D eigenvalue weighted by atomic mass is 16.8. The van der Waals surface area contributed by atoms with Crippen LogP contribution in [-0.4, -0.2) is 57.8 Å². The smallest absolute Gasteiger partial charge is 0.303 e. The normalized spacial score (nSPS) is 60.8. The van der Waals surface area contributed by atoms with E-state index in [9.17, 15) is 20.1 Å². The van der Waals surface area contributed by atoms with Crippen LogP contribution in [0.25, 0.3) is 0 Å². The molecule has 160 valence electrons. The number of carbonyl (C=O) groups is 1. The molecular weight excluding hydrogens is 376 g/mol. The van der Waals surface area contributed by atoms with Gasteiger partial charge in [0.2, 0.25) is 5.79 Å². The Hall–Kier alpha value is -0.990. The highest BCUT2D eigenvalue weighted by Gasteiger charge is 2.92. The van der Waals surface area contributed by atoms with E-state index in [0.717, 1.165) is 19.3 Å². The van der Waals surface area contributed by atoms with Crippen molar-refractivity contribution in [1.29, 1.82) is 0 Å². The Morgan fingerprint density at radius 3 is 2.66 bits per heavy atom. The molecule has 4 heterocycles. The van der Waals surface area contributed by atoms with Crippen LogP contribution >= 0.6 is 0 Å². The summed E-state index contributed by atoms with van der Waals surface area (Å²) >= 11 is 0. The summed E-state index contributed by atoms with van der Waals surface area (Å²) in [6.45, 7) is 9.69. The fourth-order valence-electron chi connectivity index (χ4n) is 9.03. The van der Waals surface area contributed by atoms with E-state index in [1.54, 1.807) is 0 Å². The van der Waals surface area contributed by atoms with Crippen molar-refractivity contribution in [3.63, 3.8) is 0 Å². The number of ether oxygens (including phenoxy) is 3. The van der Waals surface area contributed by atoms with Crippen LogP contribution in [0.15, 0.2) is 12.2 Å². The minimum Gasteiger partial charge on any atom is -0.456 e. The summed E-state index contributed by atoms with van der Waals surface area (Å²) in [4.78, 5) is 12.1. The summed E-state index contributed by atoms with van der Waals surface area (Å²) in [6, 6.07) is 0. The van der Waals surface area contributed by atoms with Gasteiger partial charge >= 0.3 is 5.97 Å². The van der Waals surface area contributed by atoms with Crippen LogP contribution in [0.1, 0.15) is 46.5 Å². The summed E-state index contributed by atoms with van der Waals surface area (Å²) in [5.74, 6) is -3.33. The lowest BCUT2D eigenvalue weighted by molar-refractivity contribution is -0.569. The van der Waals surface area contributed by atoms with Crippen molar-refractivity contribution in [2.75, 3.05) is 0 Å². The third-order valence-corrected chi connectivity index (χ3v) is 9.54. The summed E-state index contributed by atoms with van der Waals surface area (Å²) < 4.78 is 18.5. The first-order valence-electron chi connectivity index (χ1n) is 10.8. The molecule has 0 radical (unpaired) electrons. The molecule has 2 spiro atoms. The number of esters is 1. The van der Waals surface area contributed by atoms with Gasteiger partial charge in [-0.25, -0.2) is 0 Å². The summed E-state index contributed by atoms with van der Waals surface area (Å²) in [5.41, 5.74) is -1.61. The Labute approximate surface area is 170 Å². The SMILES string of the molecule is C=C1[C@H]2C[C@H](O)[C@H]3[C@]45CCCC(C)(C)[C@H]4[C@H](OC(C)=O)[C@]4(O)O[C@H]5O[C@H]2[C@@]34[C@@H]1O. The monoisotopic (exact) mass is 406 g/mol. The molecule has 4 aliphatic carbocycles. The first kappa shape index (κ1) is 18.8. The van der Waals surface area contributed by atoms with Crippen LogP contribution in [0.4, 0.5) is 0 Å². The largest absolute Gasteiger partial charge is 0.456 e. The third kappa shape index (κ3) is 1.66. The van der Waals surface area contributed by atoms with Crippen LogP contribution < -0.4 is 0 Å². The zero-order chi connectivity index (χ0) is 20.7. The number of aliphatic hydroxyl groups excluding tert-OH is 2. The summed E-state index contributed by atoms with van der Waals surface area (Å²) in [7, 11) is 0. The van der Waals surface area contributed by atoms with Crippen molar-refractivity contribution in [2.24, 2.45) is 34.0 Å². The summed E-state index contributed by atoms with van der Waals surface area (Å²) in [6.07, 6.45) is -0.899. The number of hydrogen-bond donors (Lipinski definition) is 3. The van der Waals surface area contributed by atoms with Gasteiger partial charge in [-0.2, -0.15) is 0 Å². The maximum Gasteiger partial charge on any atom is 0.303 e. The lowest BCUT2D eigenvalue weighted by Gasteiger charge is -2.80. The predicted molar refractivity (Wildman–Crippen MR) is 99.0 cm³/mol. The maximum atomic E-state index is 12.2. The van der Waals surface area contributed by atoms with Crippen molar-refractivity contribution in [3.05, 3.63) is 12.2 Å². The standard InChI is InChI=1S/C22H30O7/c1-9-11-8-12(24)13-20-7-5-6-19(3,4)14(20)17(27-10(2)23)22(26)21(13,15(9)25)16(11)28-18(20)29-22/h11-18,24-26H,1,5-8H2,2-4H3/t11-,12+,13+,14-,15-,16-,17+,18-,20-,21+,22+/m1/s1. The van der Waals surface area contributed by atoms with Gasteiger partial charge in [-0.3, -0.25) is 4.79 Å². The third-order valence-electron chi connectivity index (χ3n) is 9.54. The van der Waals surface area contributed by atoms with Crippen LogP contribution in [0.3, 0.4) is 0 Å². The van der Waals surface area contributed by atoms with Gasteiger partial charge in [0, 0.05) is 30.1 Å². The van der Waals surface area contributed by atoms with E-state index in [-0.39, 0.29) is 17.3 Å². The van der Waals surface area contributed by atoms with E-state index in [2.05, 4.69) is 20.4 Å². The van der Waals surface area contributed by atoms with E-state index in [1.807, 2.05) is 0 Å². The van der Waals surface area contributed by atoms with Crippen LogP contribution in [0.2, 0.25) is 0 Å². The number of hydrogen-bond acceptors (Lipinski definition) is 7. The lowest BCUT2D eigenvalue weighted by Crippen LogP contribution is -2.91. The number of rotatable bonds is 1. The van der Waals surface area contributed by atoms with Gasteiger partial charge < -0.3 is 29.5 Å². The Bertz CT molecular complexity index is 824. The lowest BCUT2D eigenvalue weighted by atomic mass is 9.34. The molecular formula is C22H30O7. The molecule has 11 atom stereocenters. The molecule has 0 aromatic heterocycles. The molecule has 0 unspecified atom stereocenters. The zero-order valence-electron chi connectivity index (χ0n) is 17.1. The van der Waals surface area contributed by atoms with Crippen LogP contribution in [0, 0.1) is 34.0 Å². The maximum absolute atomic E-state index is 12.2. The molecule has 7 heteroatoms. The van der Waals surface area contributed by atoms with Crippen LogP contribution in [0.5, 0.6) is 0 Å². The van der Waals surface area contributed by atoms with Crippen molar-refractivity contribution in [1.82, 2.24) is 0 Å². The molecule has 7 bridgehead atoms. The molecule has 8 rings (SSSR count). The minimum absolute atomic E-state index is 0.250. The number of aliphatic hydroxyl groups is 3. The van der Waals surface area contributed by atoms with Gasteiger partial charge in [0.15, 0.2) is 12.4 Å². The average molecular weight is 406 g/mol. The second-order valence-corrected chi connectivity index (χ2v) is 11.0. The van der Waals surface area contributed by atoms with Gasteiger partial charge in [-0.05, 0) is 30.3 Å². The van der Waals surface area contributed by atoms with Gasteiger partial charge in [-0.1, -0.05) is 26.8 Å². The molecule has 4 saturated carbocycles. The molecule has 0 aromatic carbocycles. The van der Waals surface area contributed by atoms with Crippen molar-refractivity contribution in [2.45, 2.75) is 82.9 Å². The first-order chi connectivity index (χ1) is 13.5. The Morgan fingerprint density at radius 2 is 1.97 bits per heavy atom. The van der Waals surface area contributed by atoms with Crippen molar-refractivity contribution in [3.8, 4) is 0 Å². The molecule has 4 saturated heterocycles. The summed E-state index contributed by atoms with van der Waals surface area (Å²) in [5, 5.41) is 35.0. The fourth-order valence-corrected chi connectivity index (χ4v) is 9.03. The van der Waals surface area contributed by atoms with Gasteiger partial charge in [0.25, 0.3) is 0 Å².